The van der Waals surface area contributed by atoms with Crippen LogP contribution >= 0.6 is 0 Å². The summed E-state index contributed by atoms with van der Waals surface area (Å²) < 4.78 is 12.8. The molecule has 0 saturated carbocycles. The van der Waals surface area contributed by atoms with E-state index in [9.17, 15) is 9.18 Å². The lowest BCUT2D eigenvalue weighted by Gasteiger charge is -2.01. The van der Waals surface area contributed by atoms with Gasteiger partial charge in [0.25, 0.3) is 0 Å². The molecule has 1 aromatic carbocycles. The van der Waals surface area contributed by atoms with Crippen LogP contribution in [0.25, 0.3) is 11.4 Å². The second kappa shape index (κ2) is 6.87. The van der Waals surface area contributed by atoms with Gasteiger partial charge >= 0.3 is 0 Å². The van der Waals surface area contributed by atoms with E-state index in [1.807, 2.05) is 0 Å². The normalized spacial score (nSPS) is 10.7. The smallest absolute Gasteiger partial charge is 0.205 e. The molecule has 0 N–H and O–H groups in total. The van der Waals surface area contributed by atoms with Gasteiger partial charge in [-0.2, -0.15) is 4.80 Å². The average Bonchev–Trinajstić information content (AvgIpc) is 3.05. The first-order valence-electron chi connectivity index (χ1n) is 7.19. The zero-order valence-electron chi connectivity index (χ0n) is 12.3. The minimum absolute atomic E-state index is 0.0283. The van der Waals surface area contributed by atoms with Gasteiger partial charge in [-0.25, -0.2) is 4.39 Å². The average molecular weight is 311 g/mol. The fourth-order valence-corrected chi connectivity index (χ4v) is 2.12. The molecule has 0 unspecified atom stereocenters. The molecule has 0 amide bonds. The highest BCUT2D eigenvalue weighted by Gasteiger charge is 2.08. The Balaban J connectivity index is 1.54. The van der Waals surface area contributed by atoms with Gasteiger partial charge in [-0.3, -0.25) is 9.78 Å². The molecule has 0 spiro atoms. The monoisotopic (exact) mass is 311 g/mol. The summed E-state index contributed by atoms with van der Waals surface area (Å²) in [5.41, 5.74) is 1.35. The van der Waals surface area contributed by atoms with E-state index in [2.05, 4.69) is 20.4 Å². The standard InChI is InChI=1S/C16H14FN5O/c17-14-5-3-12(4-6-14)15(23)2-1-11-22-20-16(19-21-22)13-7-9-18-10-8-13/h3-10H,1-2,11H2. The molecule has 0 fully saturated rings. The summed E-state index contributed by atoms with van der Waals surface area (Å²) in [6.45, 7) is 0.491. The quantitative estimate of drug-likeness (QED) is 0.654. The van der Waals surface area contributed by atoms with E-state index in [0.717, 1.165) is 5.56 Å². The van der Waals surface area contributed by atoms with Crippen molar-refractivity contribution in [1.82, 2.24) is 25.2 Å². The molecule has 0 saturated heterocycles. The van der Waals surface area contributed by atoms with Crippen molar-refractivity contribution in [2.75, 3.05) is 0 Å². The molecule has 0 aliphatic carbocycles. The molecule has 2 aromatic heterocycles. The predicted octanol–water partition coefficient (Wildman–Crippen LogP) is 2.54. The number of nitrogens with zero attached hydrogens (tertiary/aromatic N) is 5. The SMILES string of the molecule is O=C(CCCn1nnc(-c2ccncc2)n1)c1ccc(F)cc1. The fraction of sp³-hybridized carbons (Fsp3) is 0.188. The van der Waals surface area contributed by atoms with Gasteiger partial charge < -0.3 is 0 Å². The molecule has 0 aliphatic heterocycles. The van der Waals surface area contributed by atoms with Gasteiger partial charge in [0, 0.05) is 29.9 Å². The Morgan fingerprint density at radius 2 is 1.83 bits per heavy atom. The third-order valence-electron chi connectivity index (χ3n) is 3.32. The number of rotatable bonds is 6. The van der Waals surface area contributed by atoms with Crippen molar-refractivity contribution in [2.45, 2.75) is 19.4 Å². The van der Waals surface area contributed by atoms with E-state index in [-0.39, 0.29) is 11.6 Å². The van der Waals surface area contributed by atoms with E-state index in [0.29, 0.717) is 30.8 Å². The van der Waals surface area contributed by atoms with Crippen LogP contribution in [0.4, 0.5) is 4.39 Å². The molecule has 0 aliphatic rings. The fourth-order valence-electron chi connectivity index (χ4n) is 2.12. The summed E-state index contributed by atoms with van der Waals surface area (Å²) in [6, 6.07) is 9.17. The number of hydrogen-bond donors (Lipinski definition) is 0. The van der Waals surface area contributed by atoms with Crippen molar-refractivity contribution in [1.29, 1.82) is 0 Å². The Bertz CT molecular complexity index is 786. The topological polar surface area (TPSA) is 73.6 Å². The molecule has 116 valence electrons. The van der Waals surface area contributed by atoms with Gasteiger partial charge in [0.05, 0.1) is 6.54 Å². The number of ketones is 1. The van der Waals surface area contributed by atoms with E-state index < -0.39 is 0 Å². The Kier molecular flexibility index (Phi) is 4.46. The van der Waals surface area contributed by atoms with E-state index in [4.69, 9.17) is 0 Å². The first kappa shape index (κ1) is 15.0. The summed E-state index contributed by atoms with van der Waals surface area (Å²) in [6.07, 6.45) is 4.26. The molecule has 7 heteroatoms. The van der Waals surface area contributed by atoms with Gasteiger partial charge in [-0.15, -0.1) is 10.2 Å². The van der Waals surface area contributed by atoms with Crippen LogP contribution < -0.4 is 0 Å². The summed E-state index contributed by atoms with van der Waals surface area (Å²) in [5.74, 6) is 0.147. The third-order valence-corrected chi connectivity index (χ3v) is 3.32. The van der Waals surface area contributed by atoms with Crippen LogP contribution in [0.3, 0.4) is 0 Å². The summed E-state index contributed by atoms with van der Waals surface area (Å²) >= 11 is 0. The highest BCUT2D eigenvalue weighted by atomic mass is 19.1. The number of halogens is 1. The van der Waals surface area contributed by atoms with Gasteiger partial charge in [0.2, 0.25) is 5.82 Å². The van der Waals surface area contributed by atoms with Crippen molar-refractivity contribution >= 4 is 5.78 Å². The number of tetrazole rings is 1. The van der Waals surface area contributed by atoms with Crippen molar-refractivity contribution < 1.29 is 9.18 Å². The van der Waals surface area contributed by atoms with Crippen molar-refractivity contribution in [3.05, 3.63) is 60.2 Å². The van der Waals surface area contributed by atoms with Crippen LogP contribution in [-0.4, -0.2) is 31.0 Å². The lowest BCUT2D eigenvalue weighted by Crippen LogP contribution is -2.06. The third kappa shape index (κ3) is 3.82. The van der Waals surface area contributed by atoms with E-state index in [1.54, 1.807) is 24.5 Å². The van der Waals surface area contributed by atoms with Crippen LogP contribution in [0.5, 0.6) is 0 Å². The van der Waals surface area contributed by atoms with Gasteiger partial charge in [0.1, 0.15) is 5.82 Å². The van der Waals surface area contributed by atoms with Crippen LogP contribution in [0.15, 0.2) is 48.8 Å². The molecule has 2 heterocycles. The Labute approximate surface area is 132 Å². The molecule has 6 nitrogen and oxygen atoms in total. The number of carbonyl (C=O) groups excluding carboxylic acids is 1. The maximum atomic E-state index is 12.8. The first-order valence-corrected chi connectivity index (χ1v) is 7.19. The lowest BCUT2D eigenvalue weighted by molar-refractivity contribution is 0.0977. The van der Waals surface area contributed by atoms with E-state index >= 15 is 0 Å². The van der Waals surface area contributed by atoms with Crippen molar-refractivity contribution in [3.8, 4) is 11.4 Å². The molecule has 3 aromatic rings. The molecule has 0 atom stereocenters. The van der Waals surface area contributed by atoms with Crippen LogP contribution in [-0.2, 0) is 6.54 Å². The number of carbonyl (C=O) groups is 1. The summed E-state index contributed by atoms with van der Waals surface area (Å²) in [5, 5.41) is 12.2. The summed E-state index contributed by atoms with van der Waals surface area (Å²) in [7, 11) is 0. The highest BCUT2D eigenvalue weighted by Crippen LogP contribution is 2.11. The van der Waals surface area contributed by atoms with Crippen LogP contribution in [0.2, 0.25) is 0 Å². The zero-order valence-corrected chi connectivity index (χ0v) is 12.3. The Hall–Kier alpha value is -2.96. The first-order chi connectivity index (χ1) is 11.2. The number of aryl methyl sites for hydroxylation is 1. The number of Topliss-reactive ketones (excluding diaryl/α,β-unsaturated/α-hetero) is 1. The minimum atomic E-state index is -0.350. The molecule has 0 radical (unpaired) electrons. The second-order valence-electron chi connectivity index (χ2n) is 4.98. The van der Waals surface area contributed by atoms with Gasteiger partial charge in [0.15, 0.2) is 5.78 Å². The maximum absolute atomic E-state index is 12.8. The number of pyridine rings is 1. The largest absolute Gasteiger partial charge is 0.294 e. The lowest BCUT2D eigenvalue weighted by atomic mass is 10.1. The van der Waals surface area contributed by atoms with Crippen LogP contribution in [0.1, 0.15) is 23.2 Å². The highest BCUT2D eigenvalue weighted by molar-refractivity contribution is 5.95. The van der Waals surface area contributed by atoms with Crippen LogP contribution in [0, 0.1) is 5.82 Å². The van der Waals surface area contributed by atoms with Gasteiger partial charge in [-0.05, 0) is 48.0 Å². The van der Waals surface area contributed by atoms with Gasteiger partial charge in [-0.1, -0.05) is 0 Å². The predicted molar refractivity (Wildman–Crippen MR) is 81.0 cm³/mol. The number of aromatic nitrogens is 5. The molecular weight excluding hydrogens is 297 g/mol. The molecule has 3 rings (SSSR count). The van der Waals surface area contributed by atoms with E-state index in [1.165, 1.54) is 29.1 Å². The Morgan fingerprint density at radius 1 is 1.09 bits per heavy atom. The van der Waals surface area contributed by atoms with Crippen molar-refractivity contribution in [3.63, 3.8) is 0 Å². The number of benzene rings is 1. The number of hydrogen-bond acceptors (Lipinski definition) is 5. The minimum Gasteiger partial charge on any atom is -0.294 e. The maximum Gasteiger partial charge on any atom is 0.205 e. The molecular formula is C16H14FN5O. The summed E-state index contributed by atoms with van der Waals surface area (Å²) in [4.78, 5) is 17.4. The second-order valence-corrected chi connectivity index (χ2v) is 4.98. The molecule has 23 heavy (non-hydrogen) atoms. The van der Waals surface area contributed by atoms with Crippen molar-refractivity contribution in [2.24, 2.45) is 0 Å². The zero-order chi connectivity index (χ0) is 16.1. The Morgan fingerprint density at radius 3 is 2.57 bits per heavy atom. The molecule has 0 bridgehead atoms.